The van der Waals surface area contributed by atoms with Crippen molar-refractivity contribution in [1.29, 1.82) is 0 Å². The molecule has 0 aromatic heterocycles. The smallest absolute Gasteiger partial charge is 0.0105 e. The third kappa shape index (κ3) is 1.31. The van der Waals surface area contributed by atoms with Crippen LogP contribution in [0.15, 0.2) is 0 Å². The molecule has 2 nitrogen and oxygen atoms in total. The van der Waals surface area contributed by atoms with Crippen LogP contribution in [0, 0.1) is 5.92 Å². The van der Waals surface area contributed by atoms with E-state index in [1.165, 1.54) is 38.5 Å². The zero-order chi connectivity index (χ0) is 8.84. The molecule has 2 atom stereocenters. The fourth-order valence-corrected chi connectivity index (χ4v) is 3.49. The first-order valence-corrected chi connectivity index (χ1v) is 5.86. The third-order valence-electron chi connectivity index (χ3n) is 4.19. The highest BCUT2D eigenvalue weighted by Gasteiger charge is 2.46. The minimum Gasteiger partial charge on any atom is -0.330 e. The lowest BCUT2D eigenvalue weighted by Crippen LogP contribution is -2.45. The number of rotatable bonds is 2. The summed E-state index contributed by atoms with van der Waals surface area (Å²) in [5.74, 6) is 0.840. The summed E-state index contributed by atoms with van der Waals surface area (Å²) in [6.07, 6.45) is 8.64. The predicted octanol–water partition coefficient (Wildman–Crippen LogP) is 1.35. The molecule has 2 heteroatoms. The van der Waals surface area contributed by atoms with Gasteiger partial charge in [-0.15, -0.1) is 0 Å². The van der Waals surface area contributed by atoms with Gasteiger partial charge in [0, 0.05) is 18.1 Å². The molecule has 3 rings (SSSR count). The summed E-state index contributed by atoms with van der Waals surface area (Å²) in [6, 6.07) is 2.82. The molecule has 0 amide bonds. The van der Waals surface area contributed by atoms with E-state index >= 15 is 0 Å². The van der Waals surface area contributed by atoms with Gasteiger partial charge in [0.25, 0.3) is 0 Å². The summed E-state index contributed by atoms with van der Waals surface area (Å²) in [7, 11) is 0. The van der Waals surface area contributed by atoms with Gasteiger partial charge in [-0.05, 0) is 51.0 Å². The number of piperidine rings is 1. The minimum absolute atomic E-state index is 0.840. The van der Waals surface area contributed by atoms with Crippen LogP contribution in [0.25, 0.3) is 0 Å². The fourth-order valence-electron chi connectivity index (χ4n) is 3.49. The van der Waals surface area contributed by atoms with Crippen molar-refractivity contribution in [3.63, 3.8) is 0 Å². The first-order valence-electron chi connectivity index (χ1n) is 5.86. The largest absolute Gasteiger partial charge is 0.330 e. The SMILES string of the molecule is NCC1C[C@H]2CC[C@H](C1)N2C1CC1. The van der Waals surface area contributed by atoms with Crippen molar-refractivity contribution in [1.82, 2.24) is 4.90 Å². The molecule has 0 spiro atoms. The molecule has 2 aliphatic heterocycles. The van der Waals surface area contributed by atoms with Crippen LogP contribution in [-0.4, -0.2) is 29.6 Å². The van der Waals surface area contributed by atoms with Gasteiger partial charge in [-0.3, -0.25) is 4.90 Å². The summed E-state index contributed by atoms with van der Waals surface area (Å²) in [6.45, 7) is 0.922. The van der Waals surface area contributed by atoms with E-state index in [4.69, 9.17) is 5.73 Å². The van der Waals surface area contributed by atoms with Gasteiger partial charge in [0.1, 0.15) is 0 Å². The molecule has 13 heavy (non-hydrogen) atoms. The van der Waals surface area contributed by atoms with E-state index in [1.54, 1.807) is 0 Å². The summed E-state index contributed by atoms with van der Waals surface area (Å²) in [5.41, 5.74) is 5.77. The minimum atomic E-state index is 0.840. The maximum Gasteiger partial charge on any atom is 0.0105 e. The lowest BCUT2D eigenvalue weighted by molar-refractivity contribution is 0.0983. The number of hydrogen-bond donors (Lipinski definition) is 1. The standard InChI is InChI=1S/C11H20N2/c12-7-8-5-10-3-4-11(6-8)13(10)9-1-2-9/h8-11H,1-7,12H2/t10-,11-/m1/s1. The monoisotopic (exact) mass is 180 g/mol. The number of nitrogens with two attached hydrogens (primary N) is 1. The zero-order valence-electron chi connectivity index (χ0n) is 8.28. The molecule has 2 heterocycles. The Labute approximate surface area is 80.5 Å². The van der Waals surface area contributed by atoms with E-state index in [0.717, 1.165) is 30.6 Å². The topological polar surface area (TPSA) is 29.3 Å². The van der Waals surface area contributed by atoms with E-state index in [-0.39, 0.29) is 0 Å². The van der Waals surface area contributed by atoms with Gasteiger partial charge < -0.3 is 5.73 Å². The molecule has 1 saturated carbocycles. The Kier molecular flexibility index (Phi) is 1.88. The molecule has 74 valence electrons. The summed E-state index contributed by atoms with van der Waals surface area (Å²) < 4.78 is 0. The van der Waals surface area contributed by atoms with Crippen LogP contribution in [0.2, 0.25) is 0 Å². The van der Waals surface area contributed by atoms with Crippen LogP contribution in [0.5, 0.6) is 0 Å². The van der Waals surface area contributed by atoms with Gasteiger partial charge in [-0.25, -0.2) is 0 Å². The van der Waals surface area contributed by atoms with Gasteiger partial charge in [-0.2, -0.15) is 0 Å². The van der Waals surface area contributed by atoms with E-state index in [9.17, 15) is 0 Å². The van der Waals surface area contributed by atoms with Crippen LogP contribution in [0.3, 0.4) is 0 Å². The number of fused-ring (bicyclic) bond motifs is 2. The molecular weight excluding hydrogens is 160 g/mol. The second kappa shape index (κ2) is 2.96. The van der Waals surface area contributed by atoms with Crippen molar-refractivity contribution in [2.45, 2.75) is 56.7 Å². The molecule has 0 unspecified atom stereocenters. The highest BCUT2D eigenvalue weighted by atomic mass is 15.3. The quantitative estimate of drug-likeness (QED) is 0.695. The average molecular weight is 180 g/mol. The highest BCUT2D eigenvalue weighted by molar-refractivity contribution is 5.01. The first kappa shape index (κ1) is 8.25. The molecule has 0 aromatic rings. The van der Waals surface area contributed by atoms with Crippen LogP contribution in [0.1, 0.15) is 38.5 Å². The first-order chi connectivity index (χ1) is 6.38. The lowest BCUT2D eigenvalue weighted by atomic mass is 9.91. The van der Waals surface area contributed by atoms with Crippen LogP contribution in [-0.2, 0) is 0 Å². The Morgan fingerprint density at radius 1 is 0.923 bits per heavy atom. The molecule has 0 radical (unpaired) electrons. The maximum atomic E-state index is 5.77. The molecule has 2 saturated heterocycles. The predicted molar refractivity (Wildman–Crippen MR) is 53.4 cm³/mol. The third-order valence-corrected chi connectivity index (χ3v) is 4.19. The van der Waals surface area contributed by atoms with Gasteiger partial charge >= 0.3 is 0 Å². The van der Waals surface area contributed by atoms with Crippen LogP contribution in [0.4, 0.5) is 0 Å². The Morgan fingerprint density at radius 2 is 1.46 bits per heavy atom. The zero-order valence-corrected chi connectivity index (χ0v) is 8.28. The van der Waals surface area contributed by atoms with E-state index < -0.39 is 0 Å². The molecular formula is C11H20N2. The van der Waals surface area contributed by atoms with Crippen LogP contribution < -0.4 is 5.73 Å². The van der Waals surface area contributed by atoms with Crippen molar-refractivity contribution in [2.75, 3.05) is 6.54 Å². The Balaban J connectivity index is 1.73. The summed E-state index contributed by atoms with van der Waals surface area (Å²) >= 11 is 0. The molecule has 1 aliphatic carbocycles. The number of hydrogen-bond acceptors (Lipinski definition) is 2. The van der Waals surface area contributed by atoms with Gasteiger partial charge in [0.2, 0.25) is 0 Å². The average Bonchev–Trinajstić information content (AvgIpc) is 2.95. The van der Waals surface area contributed by atoms with Crippen molar-refractivity contribution in [3.8, 4) is 0 Å². The second-order valence-electron chi connectivity index (χ2n) is 5.14. The summed E-state index contributed by atoms with van der Waals surface area (Å²) in [5, 5.41) is 0. The number of nitrogens with zero attached hydrogens (tertiary/aromatic N) is 1. The van der Waals surface area contributed by atoms with Crippen molar-refractivity contribution >= 4 is 0 Å². The normalized spacial score (nSPS) is 45.5. The summed E-state index contributed by atoms with van der Waals surface area (Å²) in [4.78, 5) is 2.84. The molecule has 3 aliphatic rings. The second-order valence-corrected chi connectivity index (χ2v) is 5.14. The van der Waals surface area contributed by atoms with Crippen molar-refractivity contribution in [3.05, 3.63) is 0 Å². The van der Waals surface area contributed by atoms with Crippen molar-refractivity contribution in [2.24, 2.45) is 11.7 Å². The lowest BCUT2D eigenvalue weighted by Gasteiger charge is -2.38. The molecule has 2 N–H and O–H groups in total. The van der Waals surface area contributed by atoms with Crippen molar-refractivity contribution < 1.29 is 0 Å². The molecule has 2 bridgehead atoms. The Hall–Kier alpha value is -0.0800. The molecule has 3 fully saturated rings. The highest BCUT2D eigenvalue weighted by Crippen LogP contribution is 2.44. The van der Waals surface area contributed by atoms with E-state index in [1.807, 2.05) is 0 Å². The molecule has 0 aromatic carbocycles. The van der Waals surface area contributed by atoms with E-state index in [2.05, 4.69) is 4.90 Å². The van der Waals surface area contributed by atoms with Gasteiger partial charge in [0.05, 0.1) is 0 Å². The van der Waals surface area contributed by atoms with Gasteiger partial charge in [-0.1, -0.05) is 0 Å². The van der Waals surface area contributed by atoms with Crippen LogP contribution >= 0.6 is 0 Å². The Morgan fingerprint density at radius 3 is 1.92 bits per heavy atom. The van der Waals surface area contributed by atoms with E-state index in [0.29, 0.717) is 0 Å². The van der Waals surface area contributed by atoms with Gasteiger partial charge in [0.15, 0.2) is 0 Å². The fraction of sp³-hybridized carbons (Fsp3) is 1.00. The Bertz CT molecular complexity index is 186. The maximum absolute atomic E-state index is 5.77.